The fourth-order valence-electron chi connectivity index (χ4n) is 4.05. The minimum atomic E-state index is -0.851. The standard InChI is InChI=1S/C27H31NO5/c1-32-24-16-15-23(27(28-24)33-2)26(31)22(10-6-9-19-7-4-3-5-8-19)17-20-11-13-21(14-12-20)18-25(29)30/h3-5,7-8,11-16,22,26,31H,6,9-10,17-18H2,1-2H3,(H,29,30). The number of rotatable bonds is 12. The van der Waals surface area contributed by atoms with Gasteiger partial charge in [0.05, 0.1) is 26.7 Å². The molecule has 0 saturated heterocycles. The molecule has 6 nitrogen and oxygen atoms in total. The molecular formula is C27H31NO5. The van der Waals surface area contributed by atoms with Crippen molar-refractivity contribution in [1.82, 2.24) is 4.98 Å². The lowest BCUT2D eigenvalue weighted by Gasteiger charge is -2.25. The van der Waals surface area contributed by atoms with E-state index in [2.05, 4.69) is 17.1 Å². The highest BCUT2D eigenvalue weighted by atomic mass is 16.5. The number of aliphatic carboxylic acids is 1. The van der Waals surface area contributed by atoms with Gasteiger partial charge in [0.15, 0.2) is 0 Å². The molecule has 0 aliphatic carbocycles. The molecule has 6 heteroatoms. The summed E-state index contributed by atoms with van der Waals surface area (Å²) in [6, 6.07) is 21.4. The zero-order chi connectivity index (χ0) is 23.6. The van der Waals surface area contributed by atoms with Crippen molar-refractivity contribution in [3.05, 3.63) is 89.0 Å². The number of ether oxygens (including phenoxy) is 2. The predicted octanol–water partition coefficient (Wildman–Crippen LogP) is 4.64. The van der Waals surface area contributed by atoms with Crippen LogP contribution in [0.5, 0.6) is 11.8 Å². The number of hydrogen-bond donors (Lipinski definition) is 2. The first-order valence-electron chi connectivity index (χ1n) is 11.1. The SMILES string of the molecule is COc1ccc(C(O)C(CCCc2ccccc2)Cc2ccc(CC(=O)O)cc2)c(OC)n1. The van der Waals surface area contributed by atoms with Crippen molar-refractivity contribution in [2.45, 2.75) is 38.2 Å². The molecule has 0 spiro atoms. The van der Waals surface area contributed by atoms with E-state index in [4.69, 9.17) is 14.6 Å². The summed E-state index contributed by atoms with van der Waals surface area (Å²) in [4.78, 5) is 15.3. The largest absolute Gasteiger partial charge is 0.481 e. The van der Waals surface area contributed by atoms with Crippen LogP contribution >= 0.6 is 0 Å². The number of aliphatic hydroxyl groups is 1. The Labute approximate surface area is 194 Å². The van der Waals surface area contributed by atoms with Crippen LogP contribution in [-0.2, 0) is 24.1 Å². The van der Waals surface area contributed by atoms with Gasteiger partial charge in [-0.05, 0) is 54.4 Å². The Morgan fingerprint density at radius 3 is 2.24 bits per heavy atom. The van der Waals surface area contributed by atoms with Gasteiger partial charge in [-0.25, -0.2) is 0 Å². The summed E-state index contributed by atoms with van der Waals surface area (Å²) < 4.78 is 10.6. The average molecular weight is 450 g/mol. The molecule has 0 saturated carbocycles. The molecule has 0 aliphatic heterocycles. The number of aliphatic hydroxyl groups excluding tert-OH is 1. The van der Waals surface area contributed by atoms with Gasteiger partial charge in [-0.3, -0.25) is 4.79 Å². The summed E-state index contributed by atoms with van der Waals surface area (Å²) in [5.74, 6) is -0.136. The van der Waals surface area contributed by atoms with Crippen LogP contribution in [0.2, 0.25) is 0 Å². The van der Waals surface area contributed by atoms with Crippen molar-refractivity contribution in [3.63, 3.8) is 0 Å². The summed E-state index contributed by atoms with van der Waals surface area (Å²) in [6.07, 6.45) is 2.54. The molecule has 2 aromatic carbocycles. The van der Waals surface area contributed by atoms with E-state index in [1.165, 1.54) is 19.8 Å². The van der Waals surface area contributed by atoms with Gasteiger partial charge in [0.25, 0.3) is 0 Å². The van der Waals surface area contributed by atoms with Crippen LogP contribution in [0.3, 0.4) is 0 Å². The number of carboxylic acids is 1. The van der Waals surface area contributed by atoms with E-state index in [0.29, 0.717) is 23.7 Å². The number of hydrogen-bond acceptors (Lipinski definition) is 5. The van der Waals surface area contributed by atoms with Crippen LogP contribution in [0, 0.1) is 5.92 Å². The van der Waals surface area contributed by atoms with Gasteiger partial charge < -0.3 is 19.7 Å². The van der Waals surface area contributed by atoms with E-state index in [1.54, 1.807) is 12.1 Å². The van der Waals surface area contributed by atoms with Crippen molar-refractivity contribution >= 4 is 5.97 Å². The van der Waals surface area contributed by atoms with Gasteiger partial charge in [-0.2, -0.15) is 4.98 Å². The summed E-state index contributed by atoms with van der Waals surface area (Å²) >= 11 is 0. The summed E-state index contributed by atoms with van der Waals surface area (Å²) in [5, 5.41) is 20.3. The van der Waals surface area contributed by atoms with Gasteiger partial charge in [0, 0.05) is 11.6 Å². The van der Waals surface area contributed by atoms with Crippen molar-refractivity contribution < 1.29 is 24.5 Å². The van der Waals surface area contributed by atoms with Crippen molar-refractivity contribution in [2.75, 3.05) is 14.2 Å². The van der Waals surface area contributed by atoms with Crippen LogP contribution in [0.15, 0.2) is 66.7 Å². The molecular weight excluding hydrogens is 418 g/mol. The first-order valence-corrected chi connectivity index (χ1v) is 11.1. The Hall–Kier alpha value is -3.38. The topological polar surface area (TPSA) is 88.9 Å². The minimum Gasteiger partial charge on any atom is -0.481 e. The second kappa shape index (κ2) is 12.0. The normalized spacial score (nSPS) is 12.7. The van der Waals surface area contributed by atoms with E-state index >= 15 is 0 Å². The van der Waals surface area contributed by atoms with Gasteiger partial charge in [0.1, 0.15) is 0 Å². The third-order valence-electron chi connectivity index (χ3n) is 5.79. The number of carboxylic acid groups (broad SMARTS) is 1. The molecule has 1 heterocycles. The van der Waals surface area contributed by atoms with E-state index in [1.807, 2.05) is 42.5 Å². The Balaban J connectivity index is 1.79. The number of aryl methyl sites for hydroxylation is 1. The van der Waals surface area contributed by atoms with E-state index < -0.39 is 12.1 Å². The monoisotopic (exact) mass is 449 g/mol. The zero-order valence-electron chi connectivity index (χ0n) is 19.1. The minimum absolute atomic E-state index is 0.00186. The molecule has 3 rings (SSSR count). The quantitative estimate of drug-likeness (QED) is 0.419. The lowest BCUT2D eigenvalue weighted by molar-refractivity contribution is -0.136. The van der Waals surface area contributed by atoms with E-state index in [-0.39, 0.29) is 12.3 Å². The molecule has 0 amide bonds. The number of carbonyl (C=O) groups is 1. The number of aromatic nitrogens is 1. The van der Waals surface area contributed by atoms with Gasteiger partial charge >= 0.3 is 5.97 Å². The van der Waals surface area contributed by atoms with Crippen molar-refractivity contribution in [3.8, 4) is 11.8 Å². The Morgan fingerprint density at radius 1 is 0.909 bits per heavy atom. The summed E-state index contributed by atoms with van der Waals surface area (Å²) in [5.41, 5.74) is 3.71. The van der Waals surface area contributed by atoms with E-state index in [9.17, 15) is 9.90 Å². The first-order chi connectivity index (χ1) is 16.0. The maximum atomic E-state index is 11.3. The number of nitrogens with zero attached hydrogens (tertiary/aromatic N) is 1. The summed E-state index contributed by atoms with van der Waals surface area (Å²) in [6.45, 7) is 0. The highest BCUT2D eigenvalue weighted by Gasteiger charge is 2.25. The molecule has 2 unspecified atom stereocenters. The zero-order valence-corrected chi connectivity index (χ0v) is 19.1. The molecule has 0 radical (unpaired) electrons. The third-order valence-corrected chi connectivity index (χ3v) is 5.79. The van der Waals surface area contributed by atoms with Crippen LogP contribution in [0.1, 0.15) is 41.2 Å². The van der Waals surface area contributed by atoms with Crippen LogP contribution < -0.4 is 9.47 Å². The molecule has 174 valence electrons. The van der Waals surface area contributed by atoms with Crippen molar-refractivity contribution in [2.24, 2.45) is 5.92 Å². The molecule has 1 aromatic heterocycles. The van der Waals surface area contributed by atoms with Crippen LogP contribution in [0.25, 0.3) is 0 Å². The van der Waals surface area contributed by atoms with Crippen molar-refractivity contribution in [1.29, 1.82) is 0 Å². The predicted molar refractivity (Wildman–Crippen MR) is 127 cm³/mol. The second-order valence-electron chi connectivity index (χ2n) is 8.13. The maximum Gasteiger partial charge on any atom is 0.307 e. The Kier molecular flexibility index (Phi) is 8.84. The van der Waals surface area contributed by atoms with Crippen LogP contribution in [-0.4, -0.2) is 35.4 Å². The third kappa shape index (κ3) is 7.05. The molecule has 33 heavy (non-hydrogen) atoms. The number of methoxy groups -OCH3 is 2. The van der Waals surface area contributed by atoms with E-state index in [0.717, 1.165) is 30.4 Å². The molecule has 2 N–H and O–H groups in total. The Morgan fingerprint density at radius 2 is 1.61 bits per heavy atom. The van der Waals surface area contributed by atoms with Gasteiger partial charge in [-0.1, -0.05) is 54.6 Å². The highest BCUT2D eigenvalue weighted by molar-refractivity contribution is 5.70. The second-order valence-corrected chi connectivity index (χ2v) is 8.13. The number of benzene rings is 2. The average Bonchev–Trinajstić information content (AvgIpc) is 2.84. The maximum absolute atomic E-state index is 11.3. The molecule has 2 atom stereocenters. The fraction of sp³-hybridized carbons (Fsp3) is 0.333. The fourth-order valence-corrected chi connectivity index (χ4v) is 4.05. The smallest absolute Gasteiger partial charge is 0.307 e. The molecule has 0 aliphatic rings. The molecule has 0 fully saturated rings. The Bertz CT molecular complexity index is 1020. The first kappa shape index (κ1) is 24.3. The number of pyridine rings is 1. The van der Waals surface area contributed by atoms with Crippen LogP contribution in [0.4, 0.5) is 0 Å². The molecule has 3 aromatic rings. The lowest BCUT2D eigenvalue weighted by Crippen LogP contribution is -2.17. The molecule has 0 bridgehead atoms. The van der Waals surface area contributed by atoms with Gasteiger partial charge in [0.2, 0.25) is 11.8 Å². The van der Waals surface area contributed by atoms with Gasteiger partial charge in [-0.15, -0.1) is 0 Å². The highest BCUT2D eigenvalue weighted by Crippen LogP contribution is 2.35. The lowest BCUT2D eigenvalue weighted by atomic mass is 9.85. The summed E-state index contributed by atoms with van der Waals surface area (Å²) in [7, 11) is 3.07.